The summed E-state index contributed by atoms with van der Waals surface area (Å²) in [5.74, 6) is -0.0189. The molecule has 2 N–H and O–H groups in total. The van der Waals surface area contributed by atoms with Crippen molar-refractivity contribution in [3.05, 3.63) is 35.1 Å². The molecule has 0 atom stereocenters. The molecule has 110 valence electrons. The number of halogens is 1. The van der Waals surface area contributed by atoms with E-state index in [1.54, 1.807) is 6.07 Å². The highest BCUT2D eigenvalue weighted by atomic mass is 19.1. The van der Waals surface area contributed by atoms with E-state index in [1.807, 2.05) is 12.1 Å². The van der Waals surface area contributed by atoms with Crippen molar-refractivity contribution in [3.63, 3.8) is 0 Å². The van der Waals surface area contributed by atoms with Gasteiger partial charge in [0, 0.05) is 18.0 Å². The van der Waals surface area contributed by atoms with Gasteiger partial charge in [-0.05, 0) is 43.5 Å². The predicted molar refractivity (Wildman–Crippen MR) is 77.7 cm³/mol. The van der Waals surface area contributed by atoms with Gasteiger partial charge in [-0.1, -0.05) is 26.0 Å². The lowest BCUT2D eigenvalue weighted by Gasteiger charge is -2.30. The lowest BCUT2D eigenvalue weighted by Crippen LogP contribution is -2.38. The van der Waals surface area contributed by atoms with E-state index < -0.39 is 0 Å². The van der Waals surface area contributed by atoms with Crippen LogP contribution in [-0.4, -0.2) is 23.9 Å². The van der Waals surface area contributed by atoms with E-state index in [0.717, 1.165) is 37.1 Å². The number of hydrogen-bond donors (Lipinski definition) is 1. The summed E-state index contributed by atoms with van der Waals surface area (Å²) in [6.45, 7) is 6.33. The van der Waals surface area contributed by atoms with Crippen LogP contribution < -0.4 is 5.73 Å². The van der Waals surface area contributed by atoms with Crippen LogP contribution in [0.25, 0.3) is 0 Å². The van der Waals surface area contributed by atoms with Gasteiger partial charge in [-0.2, -0.15) is 0 Å². The first-order valence-corrected chi connectivity index (χ1v) is 7.27. The molecular weight excluding hydrogens is 255 g/mol. The van der Waals surface area contributed by atoms with Gasteiger partial charge in [0.25, 0.3) is 0 Å². The molecule has 1 heterocycles. The quantitative estimate of drug-likeness (QED) is 0.920. The predicted octanol–water partition coefficient (Wildman–Crippen LogP) is 2.65. The second-order valence-electron chi connectivity index (χ2n) is 5.96. The van der Waals surface area contributed by atoms with Crippen molar-refractivity contribution in [3.8, 4) is 0 Å². The maximum absolute atomic E-state index is 14.1. The molecule has 20 heavy (non-hydrogen) atoms. The number of nitrogens with two attached hydrogens (primary N) is 1. The van der Waals surface area contributed by atoms with Crippen LogP contribution in [0.2, 0.25) is 0 Å². The minimum absolute atomic E-state index is 0.0144. The number of likely N-dealkylation sites (tertiary alicyclic amines) is 1. The van der Waals surface area contributed by atoms with Crippen molar-refractivity contribution in [2.75, 3.05) is 13.1 Å². The number of primary amides is 1. The highest BCUT2D eigenvalue weighted by Gasteiger charge is 2.23. The number of carbonyl (C=O) groups is 1. The third-order valence-electron chi connectivity index (χ3n) is 4.13. The third kappa shape index (κ3) is 3.57. The van der Waals surface area contributed by atoms with E-state index in [2.05, 4.69) is 18.7 Å². The average molecular weight is 278 g/mol. The topological polar surface area (TPSA) is 46.3 Å². The highest BCUT2D eigenvalue weighted by Crippen LogP contribution is 2.22. The Morgan fingerprint density at radius 2 is 2.05 bits per heavy atom. The molecule has 0 spiro atoms. The Bertz CT molecular complexity index is 479. The summed E-state index contributed by atoms with van der Waals surface area (Å²) in [5, 5.41) is 0. The molecular formula is C16H23FN2O. The van der Waals surface area contributed by atoms with E-state index in [-0.39, 0.29) is 17.6 Å². The fourth-order valence-electron chi connectivity index (χ4n) is 2.67. The number of carbonyl (C=O) groups excluding carboxylic acids is 1. The summed E-state index contributed by atoms with van der Waals surface area (Å²) in [6.07, 6.45) is 1.56. The summed E-state index contributed by atoms with van der Waals surface area (Å²) in [4.78, 5) is 13.3. The van der Waals surface area contributed by atoms with E-state index >= 15 is 0 Å². The van der Waals surface area contributed by atoms with Gasteiger partial charge in [0.15, 0.2) is 0 Å². The monoisotopic (exact) mass is 278 g/mol. The van der Waals surface area contributed by atoms with E-state index in [9.17, 15) is 9.18 Å². The minimum Gasteiger partial charge on any atom is -0.369 e. The largest absolute Gasteiger partial charge is 0.369 e. The number of amides is 1. The standard InChI is InChI=1S/C16H23FN2O/c1-11(2)13-3-4-14(15(17)9-13)10-19-7-5-12(6-8-19)16(18)20/h3-4,9,11-12H,5-8,10H2,1-2H3,(H2,18,20). The van der Waals surface area contributed by atoms with Crippen LogP contribution in [0.3, 0.4) is 0 Å². The fourth-order valence-corrected chi connectivity index (χ4v) is 2.67. The first kappa shape index (κ1) is 15.0. The summed E-state index contributed by atoms with van der Waals surface area (Å²) < 4.78 is 14.1. The van der Waals surface area contributed by atoms with Gasteiger partial charge in [0.05, 0.1) is 0 Å². The van der Waals surface area contributed by atoms with E-state index in [1.165, 1.54) is 0 Å². The number of benzene rings is 1. The van der Waals surface area contributed by atoms with Crippen LogP contribution >= 0.6 is 0 Å². The molecule has 0 saturated carbocycles. The molecule has 0 bridgehead atoms. The number of piperidine rings is 1. The van der Waals surface area contributed by atoms with Crippen molar-refractivity contribution in [1.29, 1.82) is 0 Å². The lowest BCUT2D eigenvalue weighted by atomic mass is 9.95. The Balaban J connectivity index is 1.96. The van der Waals surface area contributed by atoms with Crippen LogP contribution in [-0.2, 0) is 11.3 Å². The smallest absolute Gasteiger partial charge is 0.220 e. The van der Waals surface area contributed by atoms with E-state index in [4.69, 9.17) is 5.73 Å². The van der Waals surface area contributed by atoms with Crippen LogP contribution in [0.5, 0.6) is 0 Å². The second kappa shape index (κ2) is 6.35. The van der Waals surface area contributed by atoms with Crippen LogP contribution in [0, 0.1) is 11.7 Å². The van der Waals surface area contributed by atoms with Crippen LogP contribution in [0.15, 0.2) is 18.2 Å². The molecule has 1 aromatic carbocycles. The maximum atomic E-state index is 14.1. The molecule has 0 unspecified atom stereocenters. The molecule has 4 heteroatoms. The van der Waals surface area contributed by atoms with Gasteiger partial charge < -0.3 is 5.73 Å². The van der Waals surface area contributed by atoms with Gasteiger partial charge >= 0.3 is 0 Å². The summed E-state index contributed by atoms with van der Waals surface area (Å²) in [5.41, 5.74) is 7.07. The highest BCUT2D eigenvalue weighted by molar-refractivity contribution is 5.76. The van der Waals surface area contributed by atoms with Crippen molar-refractivity contribution >= 4 is 5.91 Å². The molecule has 1 aliphatic heterocycles. The number of rotatable bonds is 4. The van der Waals surface area contributed by atoms with Crippen molar-refractivity contribution in [2.45, 2.75) is 39.2 Å². The third-order valence-corrected chi connectivity index (χ3v) is 4.13. The number of hydrogen-bond acceptors (Lipinski definition) is 2. The SMILES string of the molecule is CC(C)c1ccc(CN2CCC(C(N)=O)CC2)c(F)c1. The molecule has 2 rings (SSSR count). The molecule has 0 aromatic heterocycles. The van der Waals surface area contributed by atoms with Gasteiger partial charge in [0.2, 0.25) is 5.91 Å². The maximum Gasteiger partial charge on any atom is 0.220 e. The molecule has 0 radical (unpaired) electrons. The molecule has 1 aliphatic rings. The summed E-state index contributed by atoms with van der Waals surface area (Å²) >= 11 is 0. The molecule has 1 aromatic rings. The van der Waals surface area contributed by atoms with Crippen molar-refractivity contribution < 1.29 is 9.18 Å². The van der Waals surface area contributed by atoms with Gasteiger partial charge in [-0.3, -0.25) is 9.69 Å². The molecule has 0 aliphatic carbocycles. The van der Waals surface area contributed by atoms with Crippen molar-refractivity contribution in [2.24, 2.45) is 11.7 Å². The zero-order chi connectivity index (χ0) is 14.7. The normalized spacial score (nSPS) is 17.6. The zero-order valence-corrected chi connectivity index (χ0v) is 12.2. The molecule has 1 fully saturated rings. The lowest BCUT2D eigenvalue weighted by molar-refractivity contribution is -0.123. The zero-order valence-electron chi connectivity index (χ0n) is 12.2. The Kier molecular flexibility index (Phi) is 4.76. The van der Waals surface area contributed by atoms with Crippen LogP contribution in [0.1, 0.15) is 43.7 Å². The van der Waals surface area contributed by atoms with Gasteiger partial charge in [-0.25, -0.2) is 4.39 Å². The number of nitrogens with zero attached hydrogens (tertiary/aromatic N) is 1. The molecule has 1 saturated heterocycles. The van der Waals surface area contributed by atoms with Crippen LogP contribution in [0.4, 0.5) is 4.39 Å². The first-order valence-electron chi connectivity index (χ1n) is 7.27. The Morgan fingerprint density at radius 3 is 2.55 bits per heavy atom. The first-order chi connectivity index (χ1) is 9.47. The van der Waals surface area contributed by atoms with Gasteiger partial charge in [0.1, 0.15) is 5.82 Å². The van der Waals surface area contributed by atoms with Gasteiger partial charge in [-0.15, -0.1) is 0 Å². The second-order valence-corrected chi connectivity index (χ2v) is 5.96. The summed E-state index contributed by atoms with van der Waals surface area (Å²) in [6, 6.07) is 5.51. The van der Waals surface area contributed by atoms with Crippen molar-refractivity contribution in [1.82, 2.24) is 4.90 Å². The Morgan fingerprint density at radius 1 is 1.40 bits per heavy atom. The fraction of sp³-hybridized carbons (Fsp3) is 0.562. The Hall–Kier alpha value is -1.42. The van der Waals surface area contributed by atoms with E-state index in [0.29, 0.717) is 12.5 Å². The average Bonchev–Trinajstić information content (AvgIpc) is 2.41. The Labute approximate surface area is 120 Å². The summed E-state index contributed by atoms with van der Waals surface area (Å²) in [7, 11) is 0. The minimum atomic E-state index is -0.211. The molecule has 3 nitrogen and oxygen atoms in total. The molecule has 1 amide bonds.